The predicted molar refractivity (Wildman–Crippen MR) is 106 cm³/mol. The minimum Gasteiger partial charge on any atom is -0.333 e. The Morgan fingerprint density at radius 1 is 1.27 bits per heavy atom. The lowest BCUT2D eigenvalue weighted by atomic mass is 10.1. The summed E-state index contributed by atoms with van der Waals surface area (Å²) < 4.78 is 1.46. The van der Waals surface area contributed by atoms with Crippen molar-refractivity contribution in [3.8, 4) is 0 Å². The molecule has 0 aliphatic carbocycles. The molecule has 142 valence electrons. The largest absolute Gasteiger partial charge is 0.333 e. The van der Waals surface area contributed by atoms with Crippen LogP contribution in [-0.4, -0.2) is 39.7 Å². The SMILES string of the molecule is CCCCCn1nc(C(=O)N2CCCC2CN)c2ccccc2c1=O.Cl. The number of likely N-dealkylation sites (tertiary alicyclic amines) is 1. The number of fused-ring (bicyclic) bond motifs is 1. The van der Waals surface area contributed by atoms with Crippen LogP contribution in [0.1, 0.15) is 49.5 Å². The number of aromatic nitrogens is 2. The van der Waals surface area contributed by atoms with E-state index < -0.39 is 0 Å². The first kappa shape index (κ1) is 20.4. The summed E-state index contributed by atoms with van der Waals surface area (Å²) in [4.78, 5) is 27.6. The van der Waals surface area contributed by atoms with E-state index in [0.717, 1.165) is 32.1 Å². The van der Waals surface area contributed by atoms with Crippen molar-refractivity contribution in [2.24, 2.45) is 5.73 Å². The van der Waals surface area contributed by atoms with Crippen molar-refractivity contribution in [2.75, 3.05) is 13.1 Å². The number of carbonyl (C=O) groups excluding carboxylic acids is 1. The molecule has 6 nitrogen and oxygen atoms in total. The Hall–Kier alpha value is -1.92. The molecule has 26 heavy (non-hydrogen) atoms. The molecule has 1 aliphatic heterocycles. The monoisotopic (exact) mass is 378 g/mol. The van der Waals surface area contributed by atoms with Crippen molar-refractivity contribution in [1.29, 1.82) is 0 Å². The van der Waals surface area contributed by atoms with Crippen molar-refractivity contribution in [1.82, 2.24) is 14.7 Å². The molecule has 3 rings (SSSR count). The van der Waals surface area contributed by atoms with Gasteiger partial charge in [0.05, 0.1) is 5.39 Å². The van der Waals surface area contributed by atoms with Crippen LogP contribution in [0.3, 0.4) is 0 Å². The van der Waals surface area contributed by atoms with Gasteiger partial charge in [-0.15, -0.1) is 12.4 Å². The predicted octanol–water partition coefficient (Wildman–Crippen LogP) is 2.57. The fourth-order valence-corrected chi connectivity index (χ4v) is 3.54. The highest BCUT2D eigenvalue weighted by Crippen LogP contribution is 2.22. The average Bonchev–Trinajstić information content (AvgIpc) is 3.12. The molecule has 0 saturated carbocycles. The molecule has 1 saturated heterocycles. The molecular weight excluding hydrogens is 352 g/mol. The molecule has 1 atom stereocenters. The number of hydrogen-bond acceptors (Lipinski definition) is 4. The van der Waals surface area contributed by atoms with E-state index in [-0.39, 0.29) is 29.9 Å². The lowest BCUT2D eigenvalue weighted by molar-refractivity contribution is 0.0734. The maximum Gasteiger partial charge on any atom is 0.275 e. The minimum atomic E-state index is -0.125. The molecule has 1 aliphatic rings. The Labute approximate surface area is 159 Å². The van der Waals surface area contributed by atoms with Crippen LogP contribution in [-0.2, 0) is 6.54 Å². The smallest absolute Gasteiger partial charge is 0.275 e. The van der Waals surface area contributed by atoms with E-state index in [2.05, 4.69) is 12.0 Å². The first-order chi connectivity index (χ1) is 12.2. The second-order valence-corrected chi connectivity index (χ2v) is 6.66. The number of hydrogen-bond donors (Lipinski definition) is 1. The summed E-state index contributed by atoms with van der Waals surface area (Å²) in [5, 5.41) is 5.65. The summed E-state index contributed by atoms with van der Waals surface area (Å²) in [6.07, 6.45) is 4.87. The summed E-state index contributed by atoms with van der Waals surface area (Å²) in [6.45, 7) is 3.81. The summed E-state index contributed by atoms with van der Waals surface area (Å²) in [5.41, 5.74) is 6.06. The van der Waals surface area contributed by atoms with Gasteiger partial charge in [0.15, 0.2) is 5.69 Å². The van der Waals surface area contributed by atoms with Crippen molar-refractivity contribution in [3.05, 3.63) is 40.3 Å². The third-order valence-corrected chi connectivity index (χ3v) is 4.95. The van der Waals surface area contributed by atoms with Gasteiger partial charge in [0, 0.05) is 31.1 Å². The van der Waals surface area contributed by atoms with Gasteiger partial charge in [0.25, 0.3) is 11.5 Å². The Kier molecular flexibility index (Phi) is 7.17. The van der Waals surface area contributed by atoms with Crippen LogP contribution in [0, 0.1) is 0 Å². The van der Waals surface area contributed by atoms with Crippen molar-refractivity contribution in [3.63, 3.8) is 0 Å². The Balaban J connectivity index is 0.00000243. The van der Waals surface area contributed by atoms with Gasteiger partial charge in [0.1, 0.15) is 0 Å². The molecule has 2 heterocycles. The summed E-state index contributed by atoms with van der Waals surface area (Å²) >= 11 is 0. The standard InChI is InChI=1S/C19H26N4O2.ClH/c1-2-3-6-12-23-18(24)16-10-5-4-9-15(16)17(21-23)19(25)22-11-7-8-14(22)13-20;/h4-5,9-10,14H,2-3,6-8,11-13,20H2,1H3;1H. The second kappa shape index (κ2) is 9.14. The summed E-state index contributed by atoms with van der Waals surface area (Å²) in [6, 6.07) is 7.31. The van der Waals surface area contributed by atoms with Gasteiger partial charge < -0.3 is 10.6 Å². The number of carbonyl (C=O) groups is 1. The molecule has 1 fully saturated rings. The van der Waals surface area contributed by atoms with Crippen LogP contribution in [0.5, 0.6) is 0 Å². The van der Waals surface area contributed by atoms with Crippen LogP contribution >= 0.6 is 12.4 Å². The first-order valence-corrected chi connectivity index (χ1v) is 9.18. The van der Waals surface area contributed by atoms with Crippen LogP contribution < -0.4 is 11.3 Å². The molecule has 1 aromatic carbocycles. The summed E-state index contributed by atoms with van der Waals surface area (Å²) in [5.74, 6) is -0.117. The van der Waals surface area contributed by atoms with E-state index in [9.17, 15) is 9.59 Å². The van der Waals surface area contributed by atoms with Gasteiger partial charge in [-0.25, -0.2) is 4.68 Å². The lowest BCUT2D eigenvalue weighted by Gasteiger charge is -2.23. The maximum atomic E-state index is 13.1. The van der Waals surface area contributed by atoms with E-state index in [4.69, 9.17) is 5.73 Å². The van der Waals surface area contributed by atoms with E-state index in [1.54, 1.807) is 12.1 Å². The van der Waals surface area contributed by atoms with Crippen LogP contribution in [0.25, 0.3) is 10.8 Å². The van der Waals surface area contributed by atoms with Gasteiger partial charge in [-0.3, -0.25) is 9.59 Å². The lowest BCUT2D eigenvalue weighted by Crippen LogP contribution is -2.41. The Morgan fingerprint density at radius 3 is 2.69 bits per heavy atom. The van der Waals surface area contributed by atoms with Crippen molar-refractivity contribution < 1.29 is 4.79 Å². The number of aryl methyl sites for hydroxylation is 1. The molecule has 1 amide bonds. The molecular formula is C19H27ClN4O2. The van der Waals surface area contributed by atoms with Gasteiger partial charge in [0.2, 0.25) is 0 Å². The second-order valence-electron chi connectivity index (χ2n) is 6.66. The minimum absolute atomic E-state index is 0. The van der Waals surface area contributed by atoms with Crippen LogP contribution in [0.4, 0.5) is 0 Å². The summed E-state index contributed by atoms with van der Waals surface area (Å²) in [7, 11) is 0. The number of nitrogens with zero attached hydrogens (tertiary/aromatic N) is 3. The highest BCUT2D eigenvalue weighted by molar-refractivity contribution is 6.05. The van der Waals surface area contributed by atoms with E-state index in [0.29, 0.717) is 36.1 Å². The third kappa shape index (κ3) is 3.91. The van der Waals surface area contributed by atoms with E-state index in [1.165, 1.54) is 4.68 Å². The van der Waals surface area contributed by atoms with E-state index in [1.807, 2.05) is 17.0 Å². The maximum absolute atomic E-state index is 13.1. The Bertz CT molecular complexity index is 821. The molecule has 1 aromatic heterocycles. The number of benzene rings is 1. The van der Waals surface area contributed by atoms with Crippen LogP contribution in [0.2, 0.25) is 0 Å². The number of unbranched alkanes of at least 4 members (excludes halogenated alkanes) is 2. The van der Waals surface area contributed by atoms with Crippen molar-refractivity contribution >= 4 is 29.1 Å². The third-order valence-electron chi connectivity index (χ3n) is 4.95. The number of halogens is 1. The quantitative estimate of drug-likeness (QED) is 0.783. The highest BCUT2D eigenvalue weighted by Gasteiger charge is 2.30. The van der Waals surface area contributed by atoms with E-state index >= 15 is 0 Å². The zero-order chi connectivity index (χ0) is 17.8. The molecule has 1 unspecified atom stereocenters. The fourth-order valence-electron chi connectivity index (χ4n) is 3.54. The molecule has 2 aromatic rings. The first-order valence-electron chi connectivity index (χ1n) is 9.18. The average molecular weight is 379 g/mol. The number of rotatable bonds is 6. The van der Waals surface area contributed by atoms with Crippen LogP contribution in [0.15, 0.2) is 29.1 Å². The van der Waals surface area contributed by atoms with Gasteiger partial charge in [-0.05, 0) is 25.3 Å². The number of nitrogens with two attached hydrogens (primary N) is 1. The normalized spacial score (nSPS) is 16.7. The zero-order valence-corrected chi connectivity index (χ0v) is 16.0. The molecule has 0 spiro atoms. The molecule has 0 radical (unpaired) electrons. The van der Waals surface area contributed by atoms with Gasteiger partial charge >= 0.3 is 0 Å². The highest BCUT2D eigenvalue weighted by atomic mass is 35.5. The fraction of sp³-hybridized carbons (Fsp3) is 0.526. The van der Waals surface area contributed by atoms with Gasteiger partial charge in [-0.1, -0.05) is 38.0 Å². The molecule has 0 bridgehead atoms. The Morgan fingerprint density at radius 2 is 2.00 bits per heavy atom. The van der Waals surface area contributed by atoms with Crippen molar-refractivity contribution in [2.45, 2.75) is 51.6 Å². The molecule has 2 N–H and O–H groups in total. The topological polar surface area (TPSA) is 81.2 Å². The zero-order valence-electron chi connectivity index (χ0n) is 15.2. The molecule has 7 heteroatoms. The number of amides is 1. The van der Waals surface area contributed by atoms with Gasteiger partial charge in [-0.2, -0.15) is 5.10 Å².